The van der Waals surface area contributed by atoms with Crippen molar-refractivity contribution in [2.45, 2.75) is 56.9 Å². The molecule has 4 bridgehead atoms. The Labute approximate surface area is 120 Å². The van der Waals surface area contributed by atoms with Gasteiger partial charge in [-0.3, -0.25) is 9.59 Å². The van der Waals surface area contributed by atoms with Gasteiger partial charge in [0.25, 0.3) is 0 Å². The molecule has 4 aliphatic carbocycles. The van der Waals surface area contributed by atoms with E-state index in [1.165, 1.54) is 38.5 Å². The van der Waals surface area contributed by atoms with Crippen LogP contribution in [0.5, 0.6) is 0 Å². The second kappa shape index (κ2) is 4.47. The van der Waals surface area contributed by atoms with Gasteiger partial charge in [0.2, 0.25) is 11.8 Å². The summed E-state index contributed by atoms with van der Waals surface area (Å²) < 4.78 is 0. The molecule has 0 aromatic carbocycles. The number of piperidine rings is 1. The van der Waals surface area contributed by atoms with Crippen molar-refractivity contribution < 1.29 is 9.59 Å². The van der Waals surface area contributed by atoms with Crippen LogP contribution < -0.4 is 10.6 Å². The molecule has 1 aliphatic heterocycles. The molecule has 0 aromatic heterocycles. The highest BCUT2D eigenvalue weighted by Gasteiger charge is 2.51. The van der Waals surface area contributed by atoms with Crippen LogP contribution in [0.2, 0.25) is 0 Å². The van der Waals surface area contributed by atoms with Gasteiger partial charge in [0.1, 0.15) is 0 Å². The lowest BCUT2D eigenvalue weighted by molar-refractivity contribution is -0.133. The van der Waals surface area contributed by atoms with E-state index in [9.17, 15) is 9.59 Å². The molecule has 5 rings (SSSR count). The number of amides is 2. The first-order valence-electron chi connectivity index (χ1n) is 8.21. The van der Waals surface area contributed by atoms with Crippen molar-refractivity contribution in [3.63, 3.8) is 0 Å². The molecule has 5 fully saturated rings. The van der Waals surface area contributed by atoms with Gasteiger partial charge in [-0.2, -0.15) is 0 Å². The van der Waals surface area contributed by atoms with E-state index in [1.807, 2.05) is 0 Å². The zero-order valence-corrected chi connectivity index (χ0v) is 12.0. The standard InChI is InChI=1S/C16H24N2O2/c19-14-2-1-13(9-17-14)15(20)18-16-6-10-3-11(7-16)5-12(4-10)8-16/h10-13H,1-9H2,(H,17,19)(H,18,20). The summed E-state index contributed by atoms with van der Waals surface area (Å²) in [5.74, 6) is 2.82. The van der Waals surface area contributed by atoms with Crippen molar-refractivity contribution >= 4 is 11.8 Å². The van der Waals surface area contributed by atoms with Crippen LogP contribution in [0.1, 0.15) is 51.4 Å². The van der Waals surface area contributed by atoms with E-state index in [-0.39, 0.29) is 23.3 Å². The second-order valence-corrected chi connectivity index (χ2v) is 7.73. The fraction of sp³-hybridized carbons (Fsp3) is 0.875. The van der Waals surface area contributed by atoms with Gasteiger partial charge in [0.15, 0.2) is 0 Å². The van der Waals surface area contributed by atoms with Crippen LogP contribution in [-0.4, -0.2) is 23.9 Å². The van der Waals surface area contributed by atoms with Crippen molar-refractivity contribution in [2.24, 2.45) is 23.7 Å². The average Bonchev–Trinajstić information content (AvgIpc) is 2.37. The Morgan fingerprint density at radius 3 is 2.20 bits per heavy atom. The van der Waals surface area contributed by atoms with Crippen LogP contribution in [-0.2, 0) is 9.59 Å². The van der Waals surface area contributed by atoms with Crippen LogP contribution in [0, 0.1) is 23.7 Å². The smallest absolute Gasteiger partial charge is 0.225 e. The molecule has 0 spiro atoms. The van der Waals surface area contributed by atoms with Gasteiger partial charge in [-0.05, 0) is 62.7 Å². The van der Waals surface area contributed by atoms with Gasteiger partial charge in [0, 0.05) is 18.5 Å². The summed E-state index contributed by atoms with van der Waals surface area (Å²) in [6, 6.07) is 0. The van der Waals surface area contributed by atoms with Crippen LogP contribution in [0.15, 0.2) is 0 Å². The van der Waals surface area contributed by atoms with Gasteiger partial charge < -0.3 is 10.6 Å². The molecule has 2 N–H and O–H groups in total. The predicted molar refractivity (Wildman–Crippen MR) is 74.8 cm³/mol. The SMILES string of the molecule is O=C1CCC(C(=O)NC23CC4CC(CC(C4)C2)C3)CN1. The number of hydrogen-bond acceptors (Lipinski definition) is 2. The zero-order chi connectivity index (χ0) is 13.7. The number of nitrogens with one attached hydrogen (secondary N) is 2. The summed E-state index contributed by atoms with van der Waals surface area (Å²) in [5, 5.41) is 6.24. The molecule has 1 atom stereocenters. The summed E-state index contributed by atoms with van der Waals surface area (Å²) in [5.41, 5.74) is 0.104. The minimum atomic E-state index is -0.0132. The van der Waals surface area contributed by atoms with E-state index in [1.54, 1.807) is 0 Å². The first kappa shape index (κ1) is 12.7. The molecular weight excluding hydrogens is 252 g/mol. The molecule has 0 radical (unpaired) electrons. The van der Waals surface area contributed by atoms with E-state index < -0.39 is 0 Å². The topological polar surface area (TPSA) is 58.2 Å². The summed E-state index contributed by atoms with van der Waals surface area (Å²) in [7, 11) is 0. The Balaban J connectivity index is 1.43. The molecule has 5 aliphatic rings. The minimum Gasteiger partial charge on any atom is -0.355 e. The highest BCUT2D eigenvalue weighted by atomic mass is 16.2. The maximum Gasteiger partial charge on any atom is 0.225 e. The van der Waals surface area contributed by atoms with Gasteiger partial charge in [0.05, 0.1) is 5.92 Å². The van der Waals surface area contributed by atoms with Gasteiger partial charge in [-0.15, -0.1) is 0 Å². The van der Waals surface area contributed by atoms with Gasteiger partial charge in [-0.25, -0.2) is 0 Å². The molecule has 4 nitrogen and oxygen atoms in total. The predicted octanol–water partition coefficient (Wildman–Crippen LogP) is 1.60. The van der Waals surface area contributed by atoms with Crippen molar-refractivity contribution in [1.29, 1.82) is 0 Å². The Hall–Kier alpha value is -1.06. The molecule has 110 valence electrons. The molecule has 4 saturated carbocycles. The van der Waals surface area contributed by atoms with E-state index in [0.29, 0.717) is 19.4 Å². The molecular formula is C16H24N2O2. The van der Waals surface area contributed by atoms with Crippen molar-refractivity contribution in [3.8, 4) is 0 Å². The molecule has 20 heavy (non-hydrogen) atoms. The number of rotatable bonds is 2. The third kappa shape index (κ3) is 2.13. The monoisotopic (exact) mass is 276 g/mol. The summed E-state index contributed by atoms with van der Waals surface area (Å²) in [6.45, 7) is 0.525. The quantitative estimate of drug-likeness (QED) is 0.805. The summed E-state index contributed by atoms with van der Waals surface area (Å²) in [4.78, 5) is 23.7. The molecule has 2 amide bonds. The molecule has 4 heteroatoms. The lowest BCUT2D eigenvalue weighted by Crippen LogP contribution is -2.61. The van der Waals surface area contributed by atoms with Gasteiger partial charge in [-0.1, -0.05) is 0 Å². The van der Waals surface area contributed by atoms with Crippen molar-refractivity contribution in [2.75, 3.05) is 6.54 Å². The largest absolute Gasteiger partial charge is 0.355 e. The Morgan fingerprint density at radius 2 is 1.70 bits per heavy atom. The van der Waals surface area contributed by atoms with Crippen LogP contribution >= 0.6 is 0 Å². The molecule has 1 heterocycles. The summed E-state index contributed by atoms with van der Waals surface area (Å²) >= 11 is 0. The molecule has 1 unspecified atom stereocenters. The normalized spacial score (nSPS) is 46.1. The number of hydrogen-bond donors (Lipinski definition) is 2. The van der Waals surface area contributed by atoms with Crippen molar-refractivity contribution in [1.82, 2.24) is 10.6 Å². The third-order valence-electron chi connectivity index (χ3n) is 6.06. The number of carbonyl (C=O) groups excluding carboxylic acids is 2. The minimum absolute atomic E-state index is 0.0132. The molecule has 1 saturated heterocycles. The Kier molecular flexibility index (Phi) is 2.83. The fourth-order valence-corrected chi connectivity index (χ4v) is 5.58. The van der Waals surface area contributed by atoms with Crippen LogP contribution in [0.25, 0.3) is 0 Å². The zero-order valence-electron chi connectivity index (χ0n) is 12.0. The first-order chi connectivity index (χ1) is 9.62. The second-order valence-electron chi connectivity index (χ2n) is 7.73. The van der Waals surface area contributed by atoms with E-state index >= 15 is 0 Å². The lowest BCUT2D eigenvalue weighted by atomic mass is 9.53. The highest BCUT2D eigenvalue weighted by Crippen LogP contribution is 2.55. The first-order valence-corrected chi connectivity index (χ1v) is 8.21. The van der Waals surface area contributed by atoms with Crippen LogP contribution in [0.3, 0.4) is 0 Å². The van der Waals surface area contributed by atoms with Gasteiger partial charge >= 0.3 is 0 Å². The van der Waals surface area contributed by atoms with E-state index in [0.717, 1.165) is 17.8 Å². The maximum atomic E-state index is 12.5. The van der Waals surface area contributed by atoms with Crippen molar-refractivity contribution in [3.05, 3.63) is 0 Å². The lowest BCUT2D eigenvalue weighted by Gasteiger charge is -2.57. The third-order valence-corrected chi connectivity index (χ3v) is 6.06. The Morgan fingerprint density at radius 1 is 1.10 bits per heavy atom. The average molecular weight is 276 g/mol. The van der Waals surface area contributed by atoms with Crippen LogP contribution in [0.4, 0.5) is 0 Å². The maximum absolute atomic E-state index is 12.5. The summed E-state index contributed by atoms with van der Waals surface area (Å²) in [6.07, 6.45) is 9.00. The fourth-order valence-electron chi connectivity index (χ4n) is 5.58. The van der Waals surface area contributed by atoms with E-state index in [4.69, 9.17) is 0 Å². The van der Waals surface area contributed by atoms with E-state index in [2.05, 4.69) is 10.6 Å². The highest BCUT2D eigenvalue weighted by molar-refractivity contribution is 5.84. The Bertz CT molecular complexity index is 400. The molecule has 0 aromatic rings. The number of carbonyl (C=O) groups is 2.